The molecular formula is C6H10O4. The summed E-state index contributed by atoms with van der Waals surface area (Å²) in [5.74, 6) is -1.13. The van der Waals surface area contributed by atoms with Crippen molar-refractivity contribution in [2.45, 2.75) is 13.3 Å². The SMILES string of the molecule is CCC(=O)COCC(=O)O. The number of carboxylic acids is 1. The smallest absolute Gasteiger partial charge is 0.329 e. The van der Waals surface area contributed by atoms with Crippen LogP contribution in [-0.2, 0) is 14.3 Å². The van der Waals surface area contributed by atoms with E-state index < -0.39 is 12.6 Å². The predicted octanol–water partition coefficient (Wildman–Crippen LogP) is 0.0667. The van der Waals surface area contributed by atoms with Crippen molar-refractivity contribution < 1.29 is 19.4 Å². The summed E-state index contributed by atoms with van der Waals surface area (Å²) in [6, 6.07) is 0. The quantitative estimate of drug-likeness (QED) is 0.596. The molecule has 10 heavy (non-hydrogen) atoms. The van der Waals surface area contributed by atoms with Crippen molar-refractivity contribution in [3.63, 3.8) is 0 Å². The summed E-state index contributed by atoms with van der Waals surface area (Å²) in [6.45, 7) is 1.21. The molecule has 4 heteroatoms. The van der Waals surface area contributed by atoms with Crippen LogP contribution in [0.5, 0.6) is 0 Å². The van der Waals surface area contributed by atoms with Crippen molar-refractivity contribution in [3.05, 3.63) is 0 Å². The lowest BCUT2D eigenvalue weighted by Crippen LogP contribution is -2.13. The van der Waals surface area contributed by atoms with Crippen LogP contribution in [0.15, 0.2) is 0 Å². The minimum atomic E-state index is -1.05. The topological polar surface area (TPSA) is 63.6 Å². The molecule has 0 aliphatic heterocycles. The van der Waals surface area contributed by atoms with E-state index in [1.54, 1.807) is 6.92 Å². The Morgan fingerprint density at radius 2 is 2.00 bits per heavy atom. The molecule has 0 spiro atoms. The Kier molecular flexibility index (Phi) is 4.49. The van der Waals surface area contributed by atoms with E-state index in [-0.39, 0.29) is 12.4 Å². The average molecular weight is 146 g/mol. The van der Waals surface area contributed by atoms with Crippen LogP contribution in [0.25, 0.3) is 0 Å². The Bertz CT molecular complexity index is 130. The Labute approximate surface area is 58.8 Å². The number of carbonyl (C=O) groups excluding carboxylic acids is 1. The monoisotopic (exact) mass is 146 g/mol. The highest BCUT2D eigenvalue weighted by Crippen LogP contribution is 1.82. The first-order chi connectivity index (χ1) is 4.66. The molecule has 0 saturated carbocycles. The van der Waals surface area contributed by atoms with Crippen LogP contribution in [0.4, 0.5) is 0 Å². The fourth-order valence-corrected chi connectivity index (χ4v) is 0.354. The van der Waals surface area contributed by atoms with Gasteiger partial charge in [-0.3, -0.25) is 4.79 Å². The lowest BCUT2D eigenvalue weighted by atomic mass is 10.3. The van der Waals surface area contributed by atoms with Gasteiger partial charge in [0.2, 0.25) is 0 Å². The molecule has 0 aromatic rings. The first-order valence-electron chi connectivity index (χ1n) is 2.98. The molecule has 0 radical (unpaired) electrons. The van der Waals surface area contributed by atoms with Gasteiger partial charge in [0.1, 0.15) is 13.2 Å². The first-order valence-corrected chi connectivity index (χ1v) is 2.98. The summed E-state index contributed by atoms with van der Waals surface area (Å²) >= 11 is 0. The van der Waals surface area contributed by atoms with Crippen LogP contribution >= 0.6 is 0 Å². The van der Waals surface area contributed by atoms with Crippen LogP contribution in [0.1, 0.15) is 13.3 Å². The second-order valence-corrected chi connectivity index (χ2v) is 1.78. The number of hydrogen-bond donors (Lipinski definition) is 1. The summed E-state index contributed by atoms with van der Waals surface area (Å²) in [6.07, 6.45) is 0.389. The molecule has 0 aliphatic carbocycles. The van der Waals surface area contributed by atoms with E-state index >= 15 is 0 Å². The molecule has 1 N–H and O–H groups in total. The van der Waals surface area contributed by atoms with Crippen LogP contribution in [-0.4, -0.2) is 30.1 Å². The Morgan fingerprint density at radius 1 is 1.40 bits per heavy atom. The molecule has 4 nitrogen and oxygen atoms in total. The van der Waals surface area contributed by atoms with E-state index in [1.165, 1.54) is 0 Å². The van der Waals surface area contributed by atoms with Crippen molar-refractivity contribution >= 4 is 11.8 Å². The maximum atomic E-state index is 10.5. The molecule has 0 unspecified atom stereocenters. The Balaban J connectivity index is 3.20. The molecule has 0 amide bonds. The van der Waals surface area contributed by atoms with E-state index in [1.807, 2.05) is 0 Å². The van der Waals surface area contributed by atoms with Crippen LogP contribution in [0, 0.1) is 0 Å². The third-order valence-electron chi connectivity index (χ3n) is 0.883. The highest BCUT2D eigenvalue weighted by Gasteiger charge is 2.00. The zero-order valence-corrected chi connectivity index (χ0v) is 5.79. The summed E-state index contributed by atoms with van der Waals surface area (Å²) in [5.41, 5.74) is 0. The van der Waals surface area contributed by atoms with Gasteiger partial charge in [0.05, 0.1) is 0 Å². The number of Topliss-reactive ketones (excluding diaryl/α,β-unsaturated/α-hetero) is 1. The summed E-state index contributed by atoms with van der Waals surface area (Å²) < 4.78 is 4.50. The molecule has 0 heterocycles. The van der Waals surface area contributed by atoms with Gasteiger partial charge in [-0.1, -0.05) is 6.92 Å². The zero-order chi connectivity index (χ0) is 7.98. The van der Waals surface area contributed by atoms with Gasteiger partial charge in [-0.25, -0.2) is 4.79 Å². The number of carbonyl (C=O) groups is 2. The molecule has 0 bridgehead atoms. The van der Waals surface area contributed by atoms with Gasteiger partial charge >= 0.3 is 5.97 Å². The standard InChI is InChI=1S/C6H10O4/c1-2-5(7)3-10-4-6(8)9/h2-4H2,1H3,(H,8,9). The molecule has 0 fully saturated rings. The largest absolute Gasteiger partial charge is 0.480 e. The van der Waals surface area contributed by atoms with Gasteiger partial charge in [0.15, 0.2) is 5.78 Å². The fraction of sp³-hybridized carbons (Fsp3) is 0.667. The minimum absolute atomic E-state index is 0.0822. The predicted molar refractivity (Wildman–Crippen MR) is 33.8 cm³/mol. The molecule has 0 atom stereocenters. The van der Waals surface area contributed by atoms with E-state index in [2.05, 4.69) is 4.74 Å². The van der Waals surface area contributed by atoms with Gasteiger partial charge in [0, 0.05) is 6.42 Å². The Hall–Kier alpha value is -0.900. The number of carboxylic acid groups (broad SMARTS) is 1. The summed E-state index contributed by atoms with van der Waals surface area (Å²) in [4.78, 5) is 20.3. The summed E-state index contributed by atoms with van der Waals surface area (Å²) in [5, 5.41) is 8.06. The molecule has 0 rings (SSSR count). The Morgan fingerprint density at radius 3 is 2.40 bits per heavy atom. The maximum Gasteiger partial charge on any atom is 0.329 e. The van der Waals surface area contributed by atoms with Crippen molar-refractivity contribution in [3.8, 4) is 0 Å². The zero-order valence-electron chi connectivity index (χ0n) is 5.79. The van der Waals surface area contributed by atoms with E-state index in [4.69, 9.17) is 5.11 Å². The maximum absolute atomic E-state index is 10.5. The van der Waals surface area contributed by atoms with Crippen LogP contribution in [0.2, 0.25) is 0 Å². The number of rotatable bonds is 5. The van der Waals surface area contributed by atoms with Crippen molar-refractivity contribution in [2.24, 2.45) is 0 Å². The normalized spacial score (nSPS) is 9.30. The van der Waals surface area contributed by atoms with Crippen molar-refractivity contribution in [1.82, 2.24) is 0 Å². The third-order valence-corrected chi connectivity index (χ3v) is 0.883. The van der Waals surface area contributed by atoms with E-state index in [0.717, 1.165) is 0 Å². The molecule has 0 aromatic carbocycles. The van der Waals surface area contributed by atoms with Gasteiger partial charge < -0.3 is 9.84 Å². The van der Waals surface area contributed by atoms with Gasteiger partial charge in [-0.2, -0.15) is 0 Å². The highest BCUT2D eigenvalue weighted by molar-refractivity contribution is 5.79. The van der Waals surface area contributed by atoms with Gasteiger partial charge in [-0.15, -0.1) is 0 Å². The second-order valence-electron chi connectivity index (χ2n) is 1.78. The first kappa shape index (κ1) is 9.10. The highest BCUT2D eigenvalue weighted by atomic mass is 16.5. The molecular weight excluding hydrogens is 136 g/mol. The van der Waals surface area contributed by atoms with Crippen LogP contribution in [0.3, 0.4) is 0 Å². The van der Waals surface area contributed by atoms with Gasteiger partial charge in [0.25, 0.3) is 0 Å². The van der Waals surface area contributed by atoms with Gasteiger partial charge in [-0.05, 0) is 0 Å². The third kappa shape index (κ3) is 5.24. The molecule has 0 aromatic heterocycles. The molecule has 0 saturated heterocycles. The second kappa shape index (κ2) is 4.93. The fourth-order valence-electron chi connectivity index (χ4n) is 0.354. The van der Waals surface area contributed by atoms with E-state index in [9.17, 15) is 9.59 Å². The number of aliphatic carboxylic acids is 1. The van der Waals surface area contributed by atoms with Crippen LogP contribution < -0.4 is 0 Å². The molecule has 58 valence electrons. The van der Waals surface area contributed by atoms with Crippen molar-refractivity contribution in [2.75, 3.05) is 13.2 Å². The molecule has 0 aliphatic rings. The van der Waals surface area contributed by atoms with E-state index in [0.29, 0.717) is 6.42 Å². The number of ether oxygens (including phenoxy) is 1. The average Bonchev–Trinajstić information content (AvgIpc) is 1.87. The van der Waals surface area contributed by atoms with Crippen molar-refractivity contribution in [1.29, 1.82) is 0 Å². The number of ketones is 1. The lowest BCUT2D eigenvalue weighted by Gasteiger charge is -1.96. The summed E-state index contributed by atoms with van der Waals surface area (Å²) in [7, 11) is 0. The lowest BCUT2D eigenvalue weighted by molar-refractivity contribution is -0.143. The minimum Gasteiger partial charge on any atom is -0.480 e. The number of hydrogen-bond acceptors (Lipinski definition) is 3.